The maximum atomic E-state index is 3.95. The van der Waals surface area contributed by atoms with E-state index < -0.39 is 0 Å². The lowest BCUT2D eigenvalue weighted by atomic mass is 9.96. The predicted octanol–water partition coefficient (Wildman–Crippen LogP) is 4.30. The van der Waals surface area contributed by atoms with Gasteiger partial charge < -0.3 is 4.90 Å². The smallest absolute Gasteiger partial charge is 0.0474 e. The van der Waals surface area contributed by atoms with Crippen molar-refractivity contribution in [2.45, 2.75) is 40.5 Å². The Morgan fingerprint density at radius 2 is 1.71 bits per heavy atom. The van der Waals surface area contributed by atoms with E-state index in [1.807, 2.05) is 6.08 Å². The maximum Gasteiger partial charge on any atom is 0.0474 e. The van der Waals surface area contributed by atoms with E-state index in [-0.39, 0.29) is 0 Å². The molecule has 0 amide bonds. The Labute approximate surface area is 106 Å². The highest BCUT2D eigenvalue weighted by Gasteiger charge is 2.13. The first-order valence-electron chi connectivity index (χ1n) is 6.75. The average Bonchev–Trinajstić information content (AvgIpc) is 2.39. The van der Waals surface area contributed by atoms with Crippen molar-refractivity contribution in [3.63, 3.8) is 0 Å². The van der Waals surface area contributed by atoms with Crippen LogP contribution in [0.1, 0.15) is 44.4 Å². The number of anilines is 1. The number of aryl methyl sites for hydroxylation is 1. The first kappa shape index (κ1) is 13.8. The Bertz CT molecular complexity index is 375. The first-order valence-corrected chi connectivity index (χ1v) is 6.75. The number of nitrogens with zero attached hydrogens (tertiary/aromatic N) is 1. The zero-order valence-electron chi connectivity index (χ0n) is 11.7. The molecule has 0 aliphatic heterocycles. The second-order valence-electron chi connectivity index (χ2n) is 4.22. The molecule has 17 heavy (non-hydrogen) atoms. The summed E-state index contributed by atoms with van der Waals surface area (Å²) in [4.78, 5) is 2.44. The van der Waals surface area contributed by atoms with Crippen LogP contribution in [0.4, 0.5) is 5.69 Å². The van der Waals surface area contributed by atoms with E-state index in [1.165, 1.54) is 22.4 Å². The van der Waals surface area contributed by atoms with Crippen molar-refractivity contribution in [1.29, 1.82) is 0 Å². The minimum atomic E-state index is 1.05. The monoisotopic (exact) mass is 231 g/mol. The first-order chi connectivity index (χ1) is 8.23. The lowest BCUT2D eigenvalue weighted by Crippen LogP contribution is -2.24. The molecule has 1 aromatic carbocycles. The van der Waals surface area contributed by atoms with E-state index in [2.05, 4.69) is 51.3 Å². The molecule has 0 atom stereocenters. The summed E-state index contributed by atoms with van der Waals surface area (Å²) in [7, 11) is 0. The number of hydrogen-bond donors (Lipinski definition) is 0. The van der Waals surface area contributed by atoms with Crippen molar-refractivity contribution in [3.05, 3.63) is 35.4 Å². The summed E-state index contributed by atoms with van der Waals surface area (Å²) >= 11 is 0. The van der Waals surface area contributed by atoms with Gasteiger partial charge in [-0.05, 0) is 43.4 Å². The predicted molar refractivity (Wildman–Crippen MR) is 78.9 cm³/mol. The standard InChI is InChI=1S/C16H25N/c1-6-13-11-12-14(7-2)16(15(13)8-3)17(9-4)10-5/h7,11-12H,2,6,8-10H2,1,3-5H3. The second-order valence-corrected chi connectivity index (χ2v) is 4.22. The van der Waals surface area contributed by atoms with Crippen molar-refractivity contribution < 1.29 is 0 Å². The van der Waals surface area contributed by atoms with Crippen LogP contribution < -0.4 is 4.90 Å². The van der Waals surface area contributed by atoms with Crippen molar-refractivity contribution >= 4 is 11.8 Å². The summed E-state index contributed by atoms with van der Waals surface area (Å²) < 4.78 is 0. The van der Waals surface area contributed by atoms with Crippen LogP contribution in [0.3, 0.4) is 0 Å². The average molecular weight is 231 g/mol. The zero-order chi connectivity index (χ0) is 12.8. The Kier molecular flexibility index (Phi) is 5.27. The third-order valence-corrected chi connectivity index (χ3v) is 3.45. The van der Waals surface area contributed by atoms with Crippen molar-refractivity contribution in [3.8, 4) is 0 Å². The van der Waals surface area contributed by atoms with Crippen molar-refractivity contribution in [2.75, 3.05) is 18.0 Å². The van der Waals surface area contributed by atoms with Crippen molar-refractivity contribution in [2.24, 2.45) is 0 Å². The van der Waals surface area contributed by atoms with Crippen LogP contribution in [0.2, 0.25) is 0 Å². The Hall–Kier alpha value is -1.24. The van der Waals surface area contributed by atoms with Crippen LogP contribution in [0.5, 0.6) is 0 Å². The molecule has 0 spiro atoms. The maximum absolute atomic E-state index is 3.95. The third-order valence-electron chi connectivity index (χ3n) is 3.45. The molecule has 0 heterocycles. The van der Waals surface area contributed by atoms with E-state index >= 15 is 0 Å². The molecule has 0 fully saturated rings. The fraction of sp³-hybridized carbons (Fsp3) is 0.500. The van der Waals surface area contributed by atoms with E-state index in [4.69, 9.17) is 0 Å². The van der Waals surface area contributed by atoms with Gasteiger partial charge in [0.15, 0.2) is 0 Å². The van der Waals surface area contributed by atoms with Crippen LogP contribution in [0.25, 0.3) is 6.08 Å². The van der Waals surface area contributed by atoms with Gasteiger partial charge in [-0.1, -0.05) is 38.6 Å². The Morgan fingerprint density at radius 1 is 1.06 bits per heavy atom. The molecule has 0 bridgehead atoms. The van der Waals surface area contributed by atoms with Gasteiger partial charge in [-0.25, -0.2) is 0 Å². The topological polar surface area (TPSA) is 3.24 Å². The second kappa shape index (κ2) is 6.48. The van der Waals surface area contributed by atoms with Crippen LogP contribution in [-0.2, 0) is 12.8 Å². The van der Waals surface area contributed by atoms with Gasteiger partial charge in [0.05, 0.1) is 0 Å². The van der Waals surface area contributed by atoms with Gasteiger partial charge in [-0.3, -0.25) is 0 Å². The molecular weight excluding hydrogens is 206 g/mol. The van der Waals surface area contributed by atoms with Gasteiger partial charge in [0.1, 0.15) is 0 Å². The molecule has 0 saturated carbocycles. The number of benzene rings is 1. The summed E-state index contributed by atoms with van der Waals surface area (Å²) in [6.45, 7) is 15.0. The fourth-order valence-corrected chi connectivity index (χ4v) is 2.50. The highest BCUT2D eigenvalue weighted by molar-refractivity contribution is 5.72. The quantitative estimate of drug-likeness (QED) is 0.705. The SMILES string of the molecule is C=Cc1ccc(CC)c(CC)c1N(CC)CC. The molecule has 1 aromatic rings. The Morgan fingerprint density at radius 3 is 2.12 bits per heavy atom. The van der Waals surface area contributed by atoms with Crippen LogP contribution in [-0.4, -0.2) is 13.1 Å². The summed E-state index contributed by atoms with van der Waals surface area (Å²) in [6.07, 6.45) is 4.18. The lowest BCUT2D eigenvalue weighted by Gasteiger charge is -2.27. The van der Waals surface area contributed by atoms with Crippen molar-refractivity contribution in [1.82, 2.24) is 0 Å². The summed E-state index contributed by atoms with van der Waals surface area (Å²) in [6, 6.07) is 4.46. The lowest BCUT2D eigenvalue weighted by molar-refractivity contribution is 0.850. The van der Waals surface area contributed by atoms with Gasteiger partial charge in [0, 0.05) is 18.8 Å². The zero-order valence-corrected chi connectivity index (χ0v) is 11.7. The fourth-order valence-electron chi connectivity index (χ4n) is 2.50. The minimum absolute atomic E-state index is 1.05. The summed E-state index contributed by atoms with van der Waals surface area (Å²) in [5.41, 5.74) is 5.63. The molecule has 0 aromatic heterocycles. The van der Waals surface area contributed by atoms with E-state index in [1.54, 1.807) is 0 Å². The van der Waals surface area contributed by atoms with E-state index in [0.29, 0.717) is 0 Å². The summed E-state index contributed by atoms with van der Waals surface area (Å²) in [5.74, 6) is 0. The molecule has 1 heteroatoms. The molecule has 1 rings (SSSR count). The minimum Gasteiger partial charge on any atom is -0.371 e. The molecule has 0 radical (unpaired) electrons. The van der Waals surface area contributed by atoms with Gasteiger partial charge >= 0.3 is 0 Å². The van der Waals surface area contributed by atoms with E-state index in [0.717, 1.165) is 25.9 Å². The van der Waals surface area contributed by atoms with Crippen LogP contribution in [0.15, 0.2) is 18.7 Å². The molecule has 0 N–H and O–H groups in total. The molecule has 0 aliphatic rings. The molecular formula is C16H25N. The van der Waals surface area contributed by atoms with E-state index in [9.17, 15) is 0 Å². The normalized spacial score (nSPS) is 10.4. The highest BCUT2D eigenvalue weighted by Crippen LogP contribution is 2.30. The van der Waals surface area contributed by atoms with Gasteiger partial charge in [-0.2, -0.15) is 0 Å². The highest BCUT2D eigenvalue weighted by atomic mass is 15.1. The third kappa shape index (κ3) is 2.71. The molecule has 94 valence electrons. The van der Waals surface area contributed by atoms with Gasteiger partial charge in [0.2, 0.25) is 0 Å². The van der Waals surface area contributed by atoms with Gasteiger partial charge in [-0.15, -0.1) is 0 Å². The van der Waals surface area contributed by atoms with Gasteiger partial charge in [0.25, 0.3) is 0 Å². The van der Waals surface area contributed by atoms with Crippen LogP contribution >= 0.6 is 0 Å². The largest absolute Gasteiger partial charge is 0.371 e. The number of rotatable bonds is 6. The summed E-state index contributed by atoms with van der Waals surface area (Å²) in [5, 5.41) is 0. The molecule has 1 nitrogen and oxygen atoms in total. The van der Waals surface area contributed by atoms with Crippen LogP contribution in [0, 0.1) is 0 Å². The molecule has 0 unspecified atom stereocenters. The molecule has 0 saturated heterocycles. The Balaban J connectivity index is 3.43. The molecule has 0 aliphatic carbocycles. The number of hydrogen-bond acceptors (Lipinski definition) is 1.